The Kier molecular flexibility index (Phi) is 12.5. The molecule has 2 saturated heterocycles. The van der Waals surface area contributed by atoms with Crippen molar-refractivity contribution >= 4 is 67.4 Å². The fraction of sp³-hybridized carbons (Fsp3) is 0.429. The molecule has 2 aliphatic carbocycles. The van der Waals surface area contributed by atoms with Crippen molar-refractivity contribution < 1.29 is 28.7 Å². The van der Waals surface area contributed by atoms with Crippen LogP contribution in [0, 0.1) is 23.7 Å². The van der Waals surface area contributed by atoms with Crippen molar-refractivity contribution in [2.24, 2.45) is 23.7 Å². The minimum Gasteiger partial charge on any atom is -0.453 e. The van der Waals surface area contributed by atoms with Crippen LogP contribution in [-0.4, -0.2) is 93.0 Å². The molecule has 2 aromatic heterocycles. The number of carbonyl (C=O) groups excluding carboxylic acids is 4. The van der Waals surface area contributed by atoms with E-state index in [1.807, 2.05) is 60.0 Å². The lowest BCUT2D eigenvalue weighted by atomic mass is 9.98. The van der Waals surface area contributed by atoms with Crippen LogP contribution in [0.25, 0.3) is 54.7 Å². The molecule has 11 rings (SSSR count). The summed E-state index contributed by atoms with van der Waals surface area (Å²) in [5.41, 5.74) is 6.44. The van der Waals surface area contributed by atoms with Gasteiger partial charge >= 0.3 is 6.09 Å². The third-order valence-electron chi connectivity index (χ3n) is 15.3. The van der Waals surface area contributed by atoms with Crippen molar-refractivity contribution in [1.82, 2.24) is 40.4 Å². The Morgan fingerprint density at radius 1 is 0.686 bits per heavy atom. The molecule has 7 aromatic rings. The van der Waals surface area contributed by atoms with Crippen LogP contribution in [0.3, 0.4) is 0 Å². The van der Waals surface area contributed by atoms with Crippen molar-refractivity contribution in [2.45, 2.75) is 95.8 Å². The highest BCUT2D eigenvalue weighted by atomic mass is 16.5. The van der Waals surface area contributed by atoms with E-state index in [2.05, 4.69) is 75.2 Å². The molecule has 0 radical (unpaired) electrons. The van der Waals surface area contributed by atoms with E-state index in [4.69, 9.17) is 19.4 Å². The van der Waals surface area contributed by atoms with Crippen molar-refractivity contribution in [3.05, 3.63) is 108 Å². The molecule has 14 heteroatoms. The summed E-state index contributed by atoms with van der Waals surface area (Å²) in [6.45, 7) is 6.28. The SMILES string of the molecule is COC(=O)N[C@H](C(=O)N1CCC[C@H]1c1nc2ccc3cc(-c4ccc5c(ccc6nc([C@@H]7C[C@H](COCC8CCCC8)CN7C(=O)[C@H](NC(=O)C7CC7)c7ccccc7)[nH]c65)c4)ccc3c2[nH]1)C(C)C. The van der Waals surface area contributed by atoms with Crippen molar-refractivity contribution in [3.8, 4) is 11.1 Å². The average molecular weight is 943 g/mol. The maximum atomic E-state index is 14.8. The van der Waals surface area contributed by atoms with Crippen molar-refractivity contribution in [2.75, 3.05) is 33.4 Å². The van der Waals surface area contributed by atoms with Crippen molar-refractivity contribution in [3.63, 3.8) is 0 Å². The zero-order chi connectivity index (χ0) is 48.0. The highest BCUT2D eigenvalue weighted by Gasteiger charge is 2.43. The topological polar surface area (TPSA) is 175 Å². The minimum atomic E-state index is -0.793. The Bertz CT molecular complexity index is 3100. The van der Waals surface area contributed by atoms with Gasteiger partial charge in [0.1, 0.15) is 23.7 Å². The lowest BCUT2D eigenvalue weighted by Gasteiger charge is -2.29. The zero-order valence-electron chi connectivity index (χ0n) is 40.2. The molecule has 5 atom stereocenters. The van der Waals surface area contributed by atoms with Crippen LogP contribution in [0.4, 0.5) is 4.79 Å². The first-order valence-corrected chi connectivity index (χ1v) is 25.3. The first-order valence-electron chi connectivity index (χ1n) is 25.3. The third-order valence-corrected chi connectivity index (χ3v) is 15.3. The van der Waals surface area contributed by atoms with Crippen LogP contribution in [0.5, 0.6) is 0 Å². The molecule has 5 aromatic carbocycles. The number of likely N-dealkylation sites (tertiary alicyclic amines) is 2. The molecule has 0 spiro atoms. The first-order chi connectivity index (χ1) is 34.1. The van der Waals surface area contributed by atoms with Gasteiger partial charge in [-0.1, -0.05) is 93.4 Å². The highest BCUT2D eigenvalue weighted by Crippen LogP contribution is 2.41. The number of alkyl carbamates (subject to hydrolysis) is 1. The molecule has 4 N–H and O–H groups in total. The largest absolute Gasteiger partial charge is 0.453 e. The quantitative estimate of drug-likeness (QED) is 0.0834. The lowest BCUT2D eigenvalue weighted by Crippen LogP contribution is -2.51. The second-order valence-electron chi connectivity index (χ2n) is 20.5. The maximum absolute atomic E-state index is 14.8. The number of ether oxygens (including phenoxy) is 2. The standard InChI is InChI=1S/C56H62N8O6/c1-32(2)47(62-56(68)69-3)54(66)63-25-9-14-45(63)51-57-43-23-19-39-27-37(17-21-41(39)49(43)59-51)38-18-22-42-40(28-38)20-24-44-50(42)60-52(58-44)46-26-34(31-70-30-33-10-7-8-11-33)29-64(46)55(67)48(35-12-5-4-6-13-35)61-53(65)36-15-16-36/h4-6,12-13,17-24,27-28,32-34,36,45-48H,7-11,14-16,25-26,29-31H2,1-3H3,(H,57,59)(H,58,60)(H,61,65)(H,62,68)/t34-,45-,46-,47-,48+/m0/s1. The zero-order valence-corrected chi connectivity index (χ0v) is 40.2. The van der Waals surface area contributed by atoms with E-state index in [0.29, 0.717) is 32.0 Å². The Morgan fingerprint density at radius 3 is 1.93 bits per heavy atom. The van der Waals surface area contributed by atoms with Gasteiger partial charge in [0, 0.05) is 42.3 Å². The van der Waals surface area contributed by atoms with E-state index >= 15 is 0 Å². The maximum Gasteiger partial charge on any atom is 0.407 e. The van der Waals surface area contributed by atoms with Gasteiger partial charge < -0.3 is 39.9 Å². The molecule has 4 aliphatic rings. The van der Waals surface area contributed by atoms with Gasteiger partial charge in [-0.05, 0) is 109 Å². The number of nitrogens with zero attached hydrogens (tertiary/aromatic N) is 4. The summed E-state index contributed by atoms with van der Waals surface area (Å²) in [5.74, 6) is 1.75. The smallest absolute Gasteiger partial charge is 0.407 e. The lowest BCUT2D eigenvalue weighted by molar-refractivity contribution is -0.138. The number of rotatable bonds is 14. The second-order valence-corrected chi connectivity index (χ2v) is 20.5. The molecule has 4 heterocycles. The molecular formula is C56H62N8O6. The molecule has 4 fully saturated rings. The Hall–Kier alpha value is -6.80. The Balaban J connectivity index is 0.859. The van der Waals surface area contributed by atoms with E-state index in [-0.39, 0.29) is 47.6 Å². The number of H-pyrrole nitrogens is 2. The number of aromatic amines is 2. The number of amides is 4. The number of hydrogen-bond acceptors (Lipinski definition) is 8. The summed E-state index contributed by atoms with van der Waals surface area (Å²) >= 11 is 0. The van der Waals surface area contributed by atoms with Crippen LogP contribution >= 0.6 is 0 Å². The molecule has 0 unspecified atom stereocenters. The molecular weight excluding hydrogens is 881 g/mol. The van der Waals surface area contributed by atoms with Crippen LogP contribution in [0.15, 0.2) is 91.0 Å². The number of aromatic nitrogens is 4. The number of imidazole rings is 2. The number of carbonyl (C=O) groups is 4. The Labute approximate surface area is 407 Å². The van der Waals surface area contributed by atoms with E-state index in [1.54, 1.807) is 0 Å². The molecule has 2 saturated carbocycles. The first kappa shape index (κ1) is 45.6. The summed E-state index contributed by atoms with van der Waals surface area (Å²) in [6.07, 6.45) is 8.39. The summed E-state index contributed by atoms with van der Waals surface area (Å²) in [6, 6.07) is 28.9. The van der Waals surface area contributed by atoms with Gasteiger partial charge in [0.05, 0.1) is 47.9 Å². The molecule has 4 amide bonds. The molecule has 14 nitrogen and oxygen atoms in total. The van der Waals surface area contributed by atoms with Gasteiger partial charge in [-0.15, -0.1) is 0 Å². The third kappa shape index (κ3) is 8.98. The number of fused-ring (bicyclic) bond motifs is 6. The summed E-state index contributed by atoms with van der Waals surface area (Å²) in [7, 11) is 1.30. The monoisotopic (exact) mass is 942 g/mol. The number of nitrogens with one attached hydrogen (secondary N) is 4. The predicted molar refractivity (Wildman–Crippen MR) is 269 cm³/mol. The van der Waals surface area contributed by atoms with Crippen molar-refractivity contribution in [1.29, 1.82) is 0 Å². The van der Waals surface area contributed by atoms with E-state index in [0.717, 1.165) is 104 Å². The fourth-order valence-corrected chi connectivity index (χ4v) is 11.4. The normalized spacial score (nSPS) is 20.5. The molecule has 2 aliphatic heterocycles. The van der Waals surface area contributed by atoms with Crippen LogP contribution < -0.4 is 10.6 Å². The predicted octanol–water partition coefficient (Wildman–Crippen LogP) is 9.82. The van der Waals surface area contributed by atoms with Crippen LogP contribution in [0.2, 0.25) is 0 Å². The Morgan fingerprint density at radius 2 is 1.31 bits per heavy atom. The van der Waals surface area contributed by atoms with Gasteiger partial charge in [0.25, 0.3) is 0 Å². The summed E-state index contributed by atoms with van der Waals surface area (Å²) in [5, 5.41) is 10.1. The summed E-state index contributed by atoms with van der Waals surface area (Å²) < 4.78 is 11.2. The van der Waals surface area contributed by atoms with E-state index in [9.17, 15) is 19.2 Å². The van der Waals surface area contributed by atoms with Gasteiger partial charge in [-0.3, -0.25) is 14.4 Å². The van der Waals surface area contributed by atoms with Crippen LogP contribution in [-0.2, 0) is 23.9 Å². The van der Waals surface area contributed by atoms with Gasteiger partial charge in [0.15, 0.2) is 0 Å². The fourth-order valence-electron chi connectivity index (χ4n) is 11.4. The summed E-state index contributed by atoms with van der Waals surface area (Å²) in [4.78, 5) is 75.2. The second kappa shape index (κ2) is 19.2. The molecule has 0 bridgehead atoms. The minimum absolute atomic E-state index is 0.0318. The average Bonchev–Trinajstić information content (AvgIpc) is 3.94. The number of hydrogen-bond donors (Lipinski definition) is 4. The van der Waals surface area contributed by atoms with E-state index in [1.165, 1.54) is 32.8 Å². The molecule has 362 valence electrons. The number of methoxy groups -OCH3 is 1. The molecule has 70 heavy (non-hydrogen) atoms. The highest BCUT2D eigenvalue weighted by molar-refractivity contribution is 6.07. The van der Waals surface area contributed by atoms with Gasteiger partial charge in [-0.25, -0.2) is 14.8 Å². The number of benzene rings is 5. The van der Waals surface area contributed by atoms with Gasteiger partial charge in [-0.2, -0.15) is 0 Å². The van der Waals surface area contributed by atoms with Gasteiger partial charge in [0.2, 0.25) is 17.7 Å². The van der Waals surface area contributed by atoms with E-state index < -0.39 is 18.2 Å². The van der Waals surface area contributed by atoms with Crippen LogP contribution in [0.1, 0.15) is 107 Å².